The van der Waals surface area contributed by atoms with Gasteiger partial charge in [0.1, 0.15) is 5.60 Å². The summed E-state index contributed by atoms with van der Waals surface area (Å²) in [6.45, 7) is 5.56. The lowest BCUT2D eigenvalue weighted by Gasteiger charge is -2.24. The van der Waals surface area contributed by atoms with E-state index < -0.39 is 31.7 Å². The monoisotopic (exact) mass is 413 g/mol. The minimum Gasteiger partial charge on any atom is -0.444 e. The van der Waals surface area contributed by atoms with Crippen LogP contribution in [0.5, 0.6) is 0 Å². The number of aromatic nitrogens is 1. The minimum absolute atomic E-state index is 0.0350. The molecule has 1 fully saturated rings. The van der Waals surface area contributed by atoms with Gasteiger partial charge in [-0.05, 0) is 33.3 Å². The van der Waals surface area contributed by atoms with E-state index in [-0.39, 0.29) is 35.1 Å². The Balaban J connectivity index is 1.82. The summed E-state index contributed by atoms with van der Waals surface area (Å²) >= 11 is 0.975. The number of carbonyl (C=O) groups excluding carboxylic acids is 1. The fourth-order valence-corrected chi connectivity index (χ4v) is 5.87. The number of carbonyl (C=O) groups is 1. The van der Waals surface area contributed by atoms with E-state index in [1.54, 1.807) is 20.8 Å². The van der Waals surface area contributed by atoms with Crippen molar-refractivity contribution >= 4 is 43.2 Å². The highest BCUT2D eigenvalue weighted by Crippen LogP contribution is 2.32. The predicted molar refractivity (Wildman–Crippen MR) is 99.7 cm³/mol. The molecule has 9 nitrogen and oxygen atoms in total. The molecule has 11 heteroatoms. The Morgan fingerprint density at radius 2 is 2.11 bits per heavy atom. The number of amides is 1. The molecule has 0 spiro atoms. The van der Waals surface area contributed by atoms with E-state index in [9.17, 15) is 23.3 Å². The van der Waals surface area contributed by atoms with Crippen molar-refractivity contribution in [2.75, 3.05) is 13.1 Å². The van der Waals surface area contributed by atoms with Gasteiger partial charge >= 0.3 is 6.09 Å². The van der Waals surface area contributed by atoms with E-state index >= 15 is 0 Å². The van der Waals surface area contributed by atoms with Crippen LogP contribution >= 0.6 is 11.3 Å². The van der Waals surface area contributed by atoms with E-state index in [0.29, 0.717) is 4.70 Å². The molecule has 1 amide bonds. The average Bonchev–Trinajstić information content (AvgIpc) is 3.20. The van der Waals surface area contributed by atoms with Crippen LogP contribution in [0.2, 0.25) is 0 Å². The van der Waals surface area contributed by atoms with Crippen LogP contribution in [0.25, 0.3) is 10.2 Å². The molecule has 3 rings (SSSR count). The molecule has 0 N–H and O–H groups in total. The highest BCUT2D eigenvalue weighted by Gasteiger charge is 2.39. The van der Waals surface area contributed by atoms with Crippen LogP contribution in [0.15, 0.2) is 22.5 Å². The largest absolute Gasteiger partial charge is 0.444 e. The minimum atomic E-state index is -3.76. The quantitative estimate of drug-likeness (QED) is 0.560. The number of rotatable bonds is 3. The maximum atomic E-state index is 12.9. The van der Waals surface area contributed by atoms with Crippen molar-refractivity contribution in [1.82, 2.24) is 9.88 Å². The highest BCUT2D eigenvalue weighted by molar-refractivity contribution is 7.94. The van der Waals surface area contributed by atoms with Crippen molar-refractivity contribution < 1.29 is 22.9 Å². The maximum Gasteiger partial charge on any atom is 0.410 e. The van der Waals surface area contributed by atoms with Crippen LogP contribution in [0.4, 0.5) is 10.5 Å². The SMILES string of the molecule is CC(C)(C)OC(=O)N1CCC(S(=O)(=O)c2nc3cc([N+](=O)[O-])ccc3s2)C1. The van der Waals surface area contributed by atoms with Gasteiger partial charge in [-0.2, -0.15) is 0 Å². The lowest BCUT2D eigenvalue weighted by Crippen LogP contribution is -2.36. The lowest BCUT2D eigenvalue weighted by molar-refractivity contribution is -0.384. The Hall–Kier alpha value is -2.27. The van der Waals surface area contributed by atoms with Crippen LogP contribution in [0.1, 0.15) is 27.2 Å². The van der Waals surface area contributed by atoms with Gasteiger partial charge in [0.2, 0.25) is 14.2 Å². The zero-order valence-corrected chi connectivity index (χ0v) is 16.7. The van der Waals surface area contributed by atoms with E-state index in [1.807, 2.05) is 0 Å². The molecular formula is C16H19N3O6S2. The number of fused-ring (bicyclic) bond motifs is 1. The van der Waals surface area contributed by atoms with Gasteiger partial charge in [0.15, 0.2) is 0 Å². The Kier molecular flexibility index (Phi) is 4.85. The number of benzene rings is 1. The molecule has 1 aromatic carbocycles. The molecule has 0 radical (unpaired) electrons. The van der Waals surface area contributed by atoms with Gasteiger partial charge in [-0.3, -0.25) is 10.1 Å². The first kappa shape index (κ1) is 19.5. The van der Waals surface area contributed by atoms with Crippen molar-refractivity contribution in [2.24, 2.45) is 0 Å². The molecule has 1 unspecified atom stereocenters. The number of non-ortho nitro benzene ring substituents is 1. The first-order valence-corrected chi connectivity index (χ1v) is 10.6. The predicted octanol–water partition coefficient (Wildman–Crippen LogP) is 2.99. The summed E-state index contributed by atoms with van der Waals surface area (Å²) in [5, 5.41) is 10.1. The summed E-state index contributed by atoms with van der Waals surface area (Å²) in [6, 6.07) is 4.06. The first-order valence-electron chi connectivity index (χ1n) is 8.24. The Bertz CT molecular complexity index is 1010. The number of nitro groups is 1. The van der Waals surface area contributed by atoms with Crippen LogP contribution in [-0.4, -0.2) is 53.3 Å². The van der Waals surface area contributed by atoms with Gasteiger partial charge in [0.25, 0.3) is 5.69 Å². The highest BCUT2D eigenvalue weighted by atomic mass is 32.2. The third-order valence-electron chi connectivity index (χ3n) is 4.04. The van der Waals surface area contributed by atoms with E-state index in [2.05, 4.69) is 4.98 Å². The topological polar surface area (TPSA) is 120 Å². The van der Waals surface area contributed by atoms with Gasteiger partial charge in [0, 0.05) is 25.2 Å². The zero-order valence-electron chi connectivity index (χ0n) is 15.0. The third kappa shape index (κ3) is 4.03. The molecule has 0 aliphatic carbocycles. The second-order valence-corrected chi connectivity index (χ2v) is 10.7. The van der Waals surface area contributed by atoms with Crippen LogP contribution in [-0.2, 0) is 14.6 Å². The van der Waals surface area contributed by atoms with Crippen molar-refractivity contribution in [1.29, 1.82) is 0 Å². The average molecular weight is 413 g/mol. The number of thiazole rings is 1. The smallest absolute Gasteiger partial charge is 0.410 e. The zero-order chi connectivity index (χ0) is 20.0. The summed E-state index contributed by atoms with van der Waals surface area (Å²) in [6.07, 6.45) is -0.252. The molecule has 1 aromatic heterocycles. The third-order valence-corrected chi connectivity index (χ3v) is 7.66. The number of sulfone groups is 1. The Labute approximate surface area is 160 Å². The molecule has 1 aliphatic heterocycles. The number of ether oxygens (including phenoxy) is 1. The van der Waals surface area contributed by atoms with E-state index in [1.165, 1.54) is 23.1 Å². The van der Waals surface area contributed by atoms with Gasteiger partial charge < -0.3 is 9.64 Å². The second kappa shape index (κ2) is 6.71. The van der Waals surface area contributed by atoms with Crippen LogP contribution < -0.4 is 0 Å². The van der Waals surface area contributed by atoms with Gasteiger partial charge in [-0.25, -0.2) is 18.2 Å². The fraction of sp³-hybridized carbons (Fsp3) is 0.500. The summed E-state index contributed by atoms with van der Waals surface area (Å²) in [5.41, 5.74) is -0.529. The van der Waals surface area contributed by atoms with Crippen molar-refractivity contribution in [2.45, 2.75) is 42.4 Å². The van der Waals surface area contributed by atoms with Gasteiger partial charge in [-0.15, -0.1) is 11.3 Å². The second-order valence-electron chi connectivity index (χ2n) is 7.27. The summed E-state index contributed by atoms with van der Waals surface area (Å²) in [7, 11) is -3.76. The molecule has 2 heterocycles. The van der Waals surface area contributed by atoms with Gasteiger partial charge in [0.05, 0.1) is 20.4 Å². The summed E-state index contributed by atoms with van der Waals surface area (Å²) < 4.78 is 31.6. The number of hydrogen-bond acceptors (Lipinski definition) is 8. The normalized spacial score (nSPS) is 18.0. The molecule has 1 aliphatic rings. The molecule has 0 bridgehead atoms. The maximum absolute atomic E-state index is 12.9. The number of likely N-dealkylation sites (tertiary alicyclic amines) is 1. The Morgan fingerprint density at radius 3 is 2.74 bits per heavy atom. The molecule has 1 atom stereocenters. The lowest BCUT2D eigenvalue weighted by atomic mass is 10.2. The number of nitro benzene ring substituents is 1. The van der Waals surface area contributed by atoms with E-state index in [4.69, 9.17) is 4.74 Å². The van der Waals surface area contributed by atoms with Crippen molar-refractivity contribution in [3.8, 4) is 0 Å². The molecule has 1 saturated heterocycles. The molecule has 2 aromatic rings. The molecule has 0 saturated carbocycles. The van der Waals surface area contributed by atoms with Crippen LogP contribution in [0.3, 0.4) is 0 Å². The molecule has 146 valence electrons. The van der Waals surface area contributed by atoms with Crippen molar-refractivity contribution in [3.63, 3.8) is 0 Å². The molecular weight excluding hydrogens is 394 g/mol. The number of nitrogens with zero attached hydrogens (tertiary/aromatic N) is 3. The number of hydrogen-bond donors (Lipinski definition) is 0. The van der Waals surface area contributed by atoms with Gasteiger partial charge in [-0.1, -0.05) is 0 Å². The summed E-state index contributed by atoms with van der Waals surface area (Å²) in [4.78, 5) is 27.9. The van der Waals surface area contributed by atoms with E-state index in [0.717, 1.165) is 11.3 Å². The standard InChI is InChI=1S/C16H19N3O6S2/c1-16(2,3)25-15(20)18-7-6-11(9-18)27(23,24)14-17-12-8-10(19(21)22)4-5-13(12)26-14/h4-5,8,11H,6-7,9H2,1-3H3. The first-order chi connectivity index (χ1) is 12.5. The Morgan fingerprint density at radius 1 is 1.41 bits per heavy atom. The van der Waals surface area contributed by atoms with Crippen LogP contribution in [0, 0.1) is 10.1 Å². The summed E-state index contributed by atoms with van der Waals surface area (Å²) in [5.74, 6) is 0. The molecule has 27 heavy (non-hydrogen) atoms. The van der Waals surface area contributed by atoms with Crippen molar-refractivity contribution in [3.05, 3.63) is 28.3 Å². The fourth-order valence-electron chi connectivity index (χ4n) is 2.75.